The number of rotatable bonds is 3. The standard InChI is InChI=1S/C19H19BrFN3O2S/c20-11-1-2-14(21)12(7-11)19-9-13(19)17-15(22-18(27)24(17)10-19)8-16(25)23-3-5-26-6-4-23/h1-2,7,13H,3-6,8-10H2,(H,22,27)/t13?,19-/m1/s1. The zero-order chi connectivity index (χ0) is 18.8. The van der Waals surface area contributed by atoms with Crippen LogP contribution in [0.5, 0.6) is 0 Å². The molecule has 0 bridgehead atoms. The van der Waals surface area contributed by atoms with E-state index in [4.69, 9.17) is 17.0 Å². The molecule has 5 rings (SSSR count). The van der Waals surface area contributed by atoms with Gasteiger partial charge < -0.3 is 19.2 Å². The topological polar surface area (TPSA) is 50.3 Å². The Morgan fingerprint density at radius 2 is 2.19 bits per heavy atom. The Balaban J connectivity index is 1.45. The van der Waals surface area contributed by atoms with Crippen LogP contribution in [-0.4, -0.2) is 46.7 Å². The molecule has 3 aliphatic rings. The first-order valence-corrected chi connectivity index (χ1v) is 10.3. The number of carbonyl (C=O) groups is 1. The second-order valence-corrected chi connectivity index (χ2v) is 8.89. The van der Waals surface area contributed by atoms with E-state index in [-0.39, 0.29) is 23.1 Å². The number of hydrogen-bond acceptors (Lipinski definition) is 3. The van der Waals surface area contributed by atoms with E-state index in [1.54, 1.807) is 6.07 Å². The molecular weight excluding hydrogens is 433 g/mol. The molecule has 2 aromatic rings. The van der Waals surface area contributed by atoms with Gasteiger partial charge in [-0.2, -0.15) is 0 Å². The number of hydrogen-bond donors (Lipinski definition) is 1. The number of nitrogens with zero attached hydrogens (tertiary/aromatic N) is 2. The molecule has 3 heterocycles. The second-order valence-electron chi connectivity index (χ2n) is 7.59. The molecule has 1 saturated heterocycles. The molecule has 1 aliphatic carbocycles. The maximum absolute atomic E-state index is 14.5. The molecule has 27 heavy (non-hydrogen) atoms. The number of fused-ring (bicyclic) bond motifs is 3. The molecule has 1 N–H and O–H groups in total. The Hall–Kier alpha value is -1.51. The van der Waals surface area contributed by atoms with Gasteiger partial charge in [-0.25, -0.2) is 4.39 Å². The van der Waals surface area contributed by atoms with E-state index in [9.17, 15) is 9.18 Å². The highest BCUT2D eigenvalue weighted by molar-refractivity contribution is 9.10. The van der Waals surface area contributed by atoms with Gasteiger partial charge in [0.1, 0.15) is 5.82 Å². The molecule has 2 aliphatic heterocycles. The van der Waals surface area contributed by atoms with E-state index in [1.807, 2.05) is 11.0 Å². The van der Waals surface area contributed by atoms with Crippen LogP contribution in [0.4, 0.5) is 4.39 Å². The van der Waals surface area contributed by atoms with Crippen molar-refractivity contribution >= 4 is 34.1 Å². The molecule has 1 amide bonds. The smallest absolute Gasteiger partial charge is 0.228 e. The fraction of sp³-hybridized carbons (Fsp3) is 0.474. The van der Waals surface area contributed by atoms with E-state index in [0.29, 0.717) is 44.0 Å². The van der Waals surface area contributed by atoms with Gasteiger partial charge in [0.25, 0.3) is 0 Å². The van der Waals surface area contributed by atoms with Crippen LogP contribution in [0.3, 0.4) is 0 Å². The monoisotopic (exact) mass is 451 g/mol. The van der Waals surface area contributed by atoms with Crippen molar-refractivity contribution in [2.75, 3.05) is 26.3 Å². The predicted octanol–water partition coefficient (Wildman–Crippen LogP) is 3.29. The number of benzene rings is 1. The maximum atomic E-state index is 14.5. The molecular formula is C19H19BrFN3O2S. The second kappa shape index (κ2) is 6.25. The van der Waals surface area contributed by atoms with Gasteiger partial charge in [0.05, 0.1) is 19.6 Å². The van der Waals surface area contributed by atoms with E-state index in [1.165, 1.54) is 6.07 Å². The van der Waals surface area contributed by atoms with E-state index >= 15 is 0 Å². The summed E-state index contributed by atoms with van der Waals surface area (Å²) in [4.78, 5) is 17.8. The minimum absolute atomic E-state index is 0.0877. The van der Waals surface area contributed by atoms with Crippen LogP contribution in [0.25, 0.3) is 0 Å². The molecule has 8 heteroatoms. The van der Waals surface area contributed by atoms with E-state index in [0.717, 1.165) is 27.8 Å². The van der Waals surface area contributed by atoms with Crippen LogP contribution in [0, 0.1) is 10.6 Å². The maximum Gasteiger partial charge on any atom is 0.228 e. The summed E-state index contributed by atoms with van der Waals surface area (Å²) in [6, 6.07) is 5.12. The lowest BCUT2D eigenvalue weighted by Gasteiger charge is -2.26. The number of amides is 1. The molecule has 1 unspecified atom stereocenters. The van der Waals surface area contributed by atoms with Crippen molar-refractivity contribution in [3.8, 4) is 0 Å². The van der Waals surface area contributed by atoms with Gasteiger partial charge in [0.2, 0.25) is 5.91 Å². The Morgan fingerprint density at radius 3 is 2.96 bits per heavy atom. The fourth-order valence-corrected chi connectivity index (χ4v) is 5.33. The van der Waals surface area contributed by atoms with Gasteiger partial charge in [-0.15, -0.1) is 0 Å². The average molecular weight is 452 g/mol. The van der Waals surface area contributed by atoms with Crippen molar-refractivity contribution < 1.29 is 13.9 Å². The van der Waals surface area contributed by atoms with Crippen molar-refractivity contribution in [1.29, 1.82) is 0 Å². The zero-order valence-electron chi connectivity index (χ0n) is 14.6. The average Bonchev–Trinajstić information content (AvgIpc) is 3.16. The van der Waals surface area contributed by atoms with Gasteiger partial charge in [-0.05, 0) is 42.4 Å². The third-order valence-electron chi connectivity index (χ3n) is 6.11. The van der Waals surface area contributed by atoms with Crippen LogP contribution in [0.15, 0.2) is 22.7 Å². The van der Waals surface area contributed by atoms with Gasteiger partial charge >= 0.3 is 0 Å². The lowest BCUT2D eigenvalue weighted by atomic mass is 9.93. The van der Waals surface area contributed by atoms with Crippen LogP contribution in [-0.2, 0) is 27.9 Å². The molecule has 0 spiro atoms. The first kappa shape index (κ1) is 17.6. The molecule has 142 valence electrons. The first-order valence-electron chi connectivity index (χ1n) is 9.12. The Labute approximate surface area is 169 Å². The SMILES string of the molecule is O=C(Cc1[nH]c(=S)n2c1C1C[C@]1(c1cc(Br)ccc1F)C2)N1CCOCC1. The molecule has 2 fully saturated rings. The third-order valence-corrected chi connectivity index (χ3v) is 6.92. The van der Waals surface area contributed by atoms with Crippen LogP contribution >= 0.6 is 28.1 Å². The number of carbonyl (C=O) groups excluding carboxylic acids is 1. The molecule has 1 aromatic heterocycles. The summed E-state index contributed by atoms with van der Waals surface area (Å²) in [7, 11) is 0. The fourth-order valence-electron chi connectivity index (χ4n) is 4.68. The Kier molecular flexibility index (Phi) is 4.07. The number of imidazole rings is 1. The van der Waals surface area contributed by atoms with Crippen LogP contribution in [0.2, 0.25) is 0 Å². The van der Waals surface area contributed by atoms with Crippen molar-refractivity contribution in [2.45, 2.75) is 30.7 Å². The van der Waals surface area contributed by atoms with Gasteiger partial charge in [0.15, 0.2) is 4.77 Å². The van der Waals surface area contributed by atoms with E-state index < -0.39 is 0 Å². The third kappa shape index (κ3) is 2.72. The number of halogens is 2. The Morgan fingerprint density at radius 1 is 1.41 bits per heavy atom. The molecule has 5 nitrogen and oxygen atoms in total. The lowest BCUT2D eigenvalue weighted by molar-refractivity contribution is -0.134. The first-order chi connectivity index (χ1) is 13.0. The lowest BCUT2D eigenvalue weighted by Crippen LogP contribution is -2.41. The Bertz CT molecular complexity index is 997. The highest BCUT2D eigenvalue weighted by atomic mass is 79.9. The van der Waals surface area contributed by atoms with Gasteiger partial charge in [-0.1, -0.05) is 15.9 Å². The van der Waals surface area contributed by atoms with Crippen molar-refractivity contribution in [3.63, 3.8) is 0 Å². The van der Waals surface area contributed by atoms with Crippen molar-refractivity contribution in [1.82, 2.24) is 14.5 Å². The summed E-state index contributed by atoms with van der Waals surface area (Å²) in [5.41, 5.74) is 2.48. The number of aromatic nitrogens is 2. The molecule has 2 atom stereocenters. The summed E-state index contributed by atoms with van der Waals surface area (Å²) in [6.07, 6.45) is 1.20. The predicted molar refractivity (Wildman–Crippen MR) is 104 cm³/mol. The number of H-pyrrole nitrogens is 1. The van der Waals surface area contributed by atoms with Crippen molar-refractivity contribution in [3.05, 3.63) is 50.2 Å². The highest BCUT2D eigenvalue weighted by Gasteiger charge is 2.63. The normalized spacial score (nSPS) is 26.0. The summed E-state index contributed by atoms with van der Waals surface area (Å²) in [6.45, 7) is 3.10. The summed E-state index contributed by atoms with van der Waals surface area (Å²) >= 11 is 8.96. The summed E-state index contributed by atoms with van der Waals surface area (Å²) < 4.78 is 23.4. The van der Waals surface area contributed by atoms with E-state index in [2.05, 4.69) is 25.5 Å². The largest absolute Gasteiger partial charge is 0.378 e. The molecule has 1 saturated carbocycles. The summed E-state index contributed by atoms with van der Waals surface area (Å²) in [5.74, 6) is 0.124. The van der Waals surface area contributed by atoms with Crippen LogP contribution < -0.4 is 0 Å². The minimum Gasteiger partial charge on any atom is -0.378 e. The van der Waals surface area contributed by atoms with Gasteiger partial charge in [-0.3, -0.25) is 4.79 Å². The number of nitrogens with one attached hydrogen (secondary N) is 1. The number of morpholine rings is 1. The van der Waals surface area contributed by atoms with Crippen molar-refractivity contribution in [2.24, 2.45) is 0 Å². The zero-order valence-corrected chi connectivity index (χ0v) is 17.0. The number of aromatic amines is 1. The molecule has 1 aromatic carbocycles. The van der Waals surface area contributed by atoms with Crippen LogP contribution in [0.1, 0.15) is 29.3 Å². The molecule has 0 radical (unpaired) electrons. The quantitative estimate of drug-likeness (QED) is 0.728. The minimum atomic E-state index is -0.234. The summed E-state index contributed by atoms with van der Waals surface area (Å²) in [5, 5.41) is 0. The highest BCUT2D eigenvalue weighted by Crippen LogP contribution is 2.66. The van der Waals surface area contributed by atoms with Gasteiger partial charge in [0, 0.05) is 46.8 Å². The number of ether oxygens (including phenoxy) is 1.